The van der Waals surface area contributed by atoms with Crippen molar-refractivity contribution in [3.05, 3.63) is 5.01 Å². The maximum atomic E-state index is 5.82. The van der Waals surface area contributed by atoms with E-state index in [1.165, 1.54) is 0 Å². The Hall–Kier alpha value is -0.680. The van der Waals surface area contributed by atoms with Crippen molar-refractivity contribution in [1.29, 1.82) is 0 Å². The fourth-order valence-electron chi connectivity index (χ4n) is 0.737. The second kappa shape index (κ2) is 3.59. The molecular formula is C8H16N4S. The summed E-state index contributed by atoms with van der Waals surface area (Å²) in [6, 6.07) is 0.0664. The topological polar surface area (TPSA) is 63.8 Å². The van der Waals surface area contributed by atoms with Crippen LogP contribution >= 0.6 is 11.3 Å². The highest BCUT2D eigenvalue weighted by Crippen LogP contribution is 2.20. The highest BCUT2D eigenvalue weighted by atomic mass is 32.1. The third kappa shape index (κ3) is 2.63. The van der Waals surface area contributed by atoms with Crippen LogP contribution in [0.5, 0.6) is 0 Å². The number of nitrogens with two attached hydrogens (primary N) is 1. The van der Waals surface area contributed by atoms with Crippen molar-refractivity contribution >= 4 is 16.5 Å². The van der Waals surface area contributed by atoms with Gasteiger partial charge in [-0.3, -0.25) is 0 Å². The van der Waals surface area contributed by atoms with E-state index in [1.807, 2.05) is 13.8 Å². The van der Waals surface area contributed by atoms with E-state index < -0.39 is 0 Å². The van der Waals surface area contributed by atoms with Crippen LogP contribution in [0, 0.1) is 6.92 Å². The standard InChI is InChI=1S/C8H16N4S/c1-5(9)8(3,4)10-7-12-11-6(2)13-7/h5H,9H2,1-4H3,(H,10,12). The third-order valence-corrected chi connectivity index (χ3v) is 2.85. The maximum Gasteiger partial charge on any atom is 0.206 e. The first-order chi connectivity index (χ1) is 5.92. The van der Waals surface area contributed by atoms with Crippen LogP contribution in [-0.2, 0) is 0 Å². The summed E-state index contributed by atoms with van der Waals surface area (Å²) in [5, 5.41) is 13.0. The Morgan fingerprint density at radius 1 is 1.46 bits per heavy atom. The molecule has 74 valence electrons. The number of hydrogen-bond donors (Lipinski definition) is 2. The molecule has 0 aliphatic heterocycles. The van der Waals surface area contributed by atoms with E-state index in [0.717, 1.165) is 10.1 Å². The molecule has 1 aromatic heterocycles. The fourth-order valence-corrected chi connectivity index (χ4v) is 1.49. The lowest BCUT2D eigenvalue weighted by molar-refractivity contribution is 0.470. The van der Waals surface area contributed by atoms with Crippen molar-refractivity contribution in [3.8, 4) is 0 Å². The average molecular weight is 200 g/mol. The SMILES string of the molecule is Cc1nnc(NC(C)(C)C(C)N)s1. The van der Waals surface area contributed by atoms with Gasteiger partial charge in [-0.15, -0.1) is 10.2 Å². The first-order valence-electron chi connectivity index (χ1n) is 4.25. The molecule has 0 saturated heterocycles. The Balaban J connectivity index is 2.68. The van der Waals surface area contributed by atoms with E-state index in [1.54, 1.807) is 11.3 Å². The molecule has 0 saturated carbocycles. The molecule has 1 heterocycles. The zero-order valence-electron chi connectivity index (χ0n) is 8.46. The molecule has 0 radical (unpaired) electrons. The van der Waals surface area contributed by atoms with Gasteiger partial charge in [0.05, 0.1) is 0 Å². The summed E-state index contributed by atoms with van der Waals surface area (Å²) in [6.07, 6.45) is 0. The Morgan fingerprint density at radius 3 is 2.46 bits per heavy atom. The van der Waals surface area contributed by atoms with Crippen molar-refractivity contribution in [1.82, 2.24) is 10.2 Å². The molecule has 0 aromatic carbocycles. The number of hydrogen-bond acceptors (Lipinski definition) is 5. The normalized spacial score (nSPS) is 14.2. The molecule has 1 unspecified atom stereocenters. The van der Waals surface area contributed by atoms with Crippen LogP contribution in [0.4, 0.5) is 5.13 Å². The molecule has 1 atom stereocenters. The summed E-state index contributed by atoms with van der Waals surface area (Å²) in [6.45, 7) is 8.01. The van der Waals surface area contributed by atoms with Crippen molar-refractivity contribution in [3.63, 3.8) is 0 Å². The summed E-state index contributed by atoms with van der Waals surface area (Å²) in [4.78, 5) is 0. The summed E-state index contributed by atoms with van der Waals surface area (Å²) < 4.78 is 0. The van der Waals surface area contributed by atoms with E-state index in [4.69, 9.17) is 5.73 Å². The van der Waals surface area contributed by atoms with Gasteiger partial charge in [-0.25, -0.2) is 0 Å². The van der Waals surface area contributed by atoms with Gasteiger partial charge >= 0.3 is 0 Å². The monoisotopic (exact) mass is 200 g/mol. The second-order valence-electron chi connectivity index (χ2n) is 3.76. The first-order valence-corrected chi connectivity index (χ1v) is 5.07. The van der Waals surface area contributed by atoms with Crippen molar-refractivity contribution in [2.24, 2.45) is 5.73 Å². The van der Waals surface area contributed by atoms with Crippen LogP contribution in [-0.4, -0.2) is 21.8 Å². The van der Waals surface area contributed by atoms with Gasteiger partial charge in [0.1, 0.15) is 5.01 Å². The lowest BCUT2D eigenvalue weighted by Gasteiger charge is -2.29. The number of aryl methyl sites for hydroxylation is 1. The molecule has 1 aromatic rings. The van der Waals surface area contributed by atoms with Crippen molar-refractivity contribution < 1.29 is 0 Å². The highest BCUT2D eigenvalue weighted by Gasteiger charge is 2.23. The average Bonchev–Trinajstić information content (AvgIpc) is 2.34. The highest BCUT2D eigenvalue weighted by molar-refractivity contribution is 7.15. The van der Waals surface area contributed by atoms with Gasteiger partial charge in [-0.05, 0) is 27.7 Å². The number of nitrogens with zero attached hydrogens (tertiary/aromatic N) is 2. The lowest BCUT2D eigenvalue weighted by Crippen LogP contribution is -2.47. The fraction of sp³-hybridized carbons (Fsp3) is 0.750. The van der Waals surface area contributed by atoms with Crippen LogP contribution in [0.25, 0.3) is 0 Å². The summed E-state index contributed by atoms with van der Waals surface area (Å²) in [5.41, 5.74) is 5.67. The van der Waals surface area contributed by atoms with Gasteiger partial charge in [-0.2, -0.15) is 0 Å². The summed E-state index contributed by atoms with van der Waals surface area (Å²) in [7, 11) is 0. The van der Waals surface area contributed by atoms with Crippen molar-refractivity contribution in [2.45, 2.75) is 39.3 Å². The minimum atomic E-state index is -0.147. The quantitative estimate of drug-likeness (QED) is 0.774. The van der Waals surface area contributed by atoms with Gasteiger partial charge < -0.3 is 11.1 Å². The van der Waals surface area contributed by atoms with E-state index in [-0.39, 0.29) is 11.6 Å². The van der Waals surface area contributed by atoms with E-state index >= 15 is 0 Å². The van der Waals surface area contributed by atoms with E-state index in [0.29, 0.717) is 0 Å². The number of aromatic nitrogens is 2. The third-order valence-electron chi connectivity index (χ3n) is 2.09. The molecule has 0 aliphatic carbocycles. The number of anilines is 1. The second-order valence-corrected chi connectivity index (χ2v) is 4.94. The predicted octanol–water partition coefficient (Wildman–Crippen LogP) is 1.38. The van der Waals surface area contributed by atoms with E-state index in [9.17, 15) is 0 Å². The minimum absolute atomic E-state index is 0.0664. The van der Waals surface area contributed by atoms with Crippen LogP contribution in [0.15, 0.2) is 0 Å². The van der Waals surface area contributed by atoms with Crippen LogP contribution < -0.4 is 11.1 Å². The largest absolute Gasteiger partial charge is 0.354 e. The minimum Gasteiger partial charge on any atom is -0.354 e. The van der Waals surface area contributed by atoms with Gasteiger partial charge in [0.15, 0.2) is 0 Å². The summed E-state index contributed by atoms with van der Waals surface area (Å²) >= 11 is 1.54. The number of nitrogens with one attached hydrogen (secondary N) is 1. The molecule has 1 rings (SSSR count). The van der Waals surface area contributed by atoms with Gasteiger partial charge in [0.2, 0.25) is 5.13 Å². The molecule has 0 spiro atoms. The Kier molecular flexibility index (Phi) is 2.87. The predicted molar refractivity (Wildman–Crippen MR) is 56.0 cm³/mol. The molecular weight excluding hydrogens is 184 g/mol. The molecule has 0 fully saturated rings. The maximum absolute atomic E-state index is 5.82. The first kappa shape index (κ1) is 10.4. The zero-order valence-corrected chi connectivity index (χ0v) is 9.27. The van der Waals surface area contributed by atoms with Crippen LogP contribution in [0.1, 0.15) is 25.8 Å². The van der Waals surface area contributed by atoms with Gasteiger partial charge in [0.25, 0.3) is 0 Å². The molecule has 0 amide bonds. The van der Waals surface area contributed by atoms with E-state index in [2.05, 4.69) is 29.4 Å². The van der Waals surface area contributed by atoms with Crippen molar-refractivity contribution in [2.75, 3.05) is 5.32 Å². The Labute approximate surface area is 82.6 Å². The van der Waals surface area contributed by atoms with Crippen LogP contribution in [0.2, 0.25) is 0 Å². The molecule has 13 heavy (non-hydrogen) atoms. The molecule has 0 aliphatic rings. The lowest BCUT2D eigenvalue weighted by atomic mass is 9.97. The van der Waals surface area contributed by atoms with Gasteiger partial charge in [0, 0.05) is 11.6 Å². The molecule has 3 N–H and O–H groups in total. The smallest absolute Gasteiger partial charge is 0.206 e. The molecule has 0 bridgehead atoms. The summed E-state index contributed by atoms with van der Waals surface area (Å²) in [5.74, 6) is 0. The molecule has 5 heteroatoms. The Morgan fingerprint density at radius 2 is 2.08 bits per heavy atom. The zero-order chi connectivity index (χ0) is 10.1. The molecule has 4 nitrogen and oxygen atoms in total. The van der Waals surface area contributed by atoms with Crippen LogP contribution in [0.3, 0.4) is 0 Å². The number of rotatable bonds is 3. The Bertz CT molecular complexity index is 279. The van der Waals surface area contributed by atoms with Gasteiger partial charge in [-0.1, -0.05) is 11.3 Å².